The molecule has 1 heterocycles. The van der Waals surface area contributed by atoms with E-state index in [-0.39, 0.29) is 18.6 Å². The molecule has 0 radical (unpaired) electrons. The first-order chi connectivity index (χ1) is 11.2. The van der Waals surface area contributed by atoms with E-state index in [4.69, 9.17) is 10.5 Å². The van der Waals surface area contributed by atoms with Crippen LogP contribution in [-0.2, 0) is 16.0 Å². The number of nitrogens with two attached hydrogens (primary N) is 1. The molecule has 1 aromatic rings. The fourth-order valence-electron chi connectivity index (χ4n) is 3.61. The molecule has 0 unspecified atom stereocenters. The first-order valence-corrected chi connectivity index (χ1v) is 8.50. The third kappa shape index (κ3) is 3.55. The topological polar surface area (TPSA) is 72.6 Å². The first-order valence-electron chi connectivity index (χ1n) is 8.50. The Bertz CT molecular complexity index is 594. The van der Waals surface area contributed by atoms with Gasteiger partial charge in [-0.05, 0) is 43.4 Å². The van der Waals surface area contributed by atoms with Gasteiger partial charge in [-0.25, -0.2) is 0 Å². The van der Waals surface area contributed by atoms with Crippen molar-refractivity contribution in [3.8, 4) is 0 Å². The maximum atomic E-state index is 12.6. The summed E-state index contributed by atoms with van der Waals surface area (Å²) in [5, 5.41) is 0. The van der Waals surface area contributed by atoms with Gasteiger partial charge in [-0.1, -0.05) is 25.3 Å². The molecule has 0 aromatic heterocycles. The number of carbonyl (C=O) groups excluding carboxylic acids is 2. The second-order valence-corrected chi connectivity index (χ2v) is 6.39. The van der Waals surface area contributed by atoms with E-state index >= 15 is 0 Å². The van der Waals surface area contributed by atoms with E-state index in [1.807, 2.05) is 6.07 Å². The molecule has 23 heavy (non-hydrogen) atoms. The molecule has 1 fully saturated rings. The van der Waals surface area contributed by atoms with Gasteiger partial charge in [-0.3, -0.25) is 9.59 Å². The van der Waals surface area contributed by atoms with Crippen molar-refractivity contribution in [2.45, 2.75) is 51.0 Å². The highest BCUT2D eigenvalue weighted by Gasteiger charge is 2.26. The molecule has 0 spiro atoms. The van der Waals surface area contributed by atoms with Crippen molar-refractivity contribution in [2.24, 2.45) is 5.73 Å². The summed E-state index contributed by atoms with van der Waals surface area (Å²) >= 11 is 0. The molecule has 1 saturated carbocycles. The molecule has 2 N–H and O–H groups in total. The number of hydrogen-bond donors (Lipinski definition) is 1. The van der Waals surface area contributed by atoms with Gasteiger partial charge < -0.3 is 15.4 Å². The Balaban J connectivity index is 1.70. The Morgan fingerprint density at radius 1 is 1.17 bits per heavy atom. The molecule has 5 heteroatoms. The summed E-state index contributed by atoms with van der Waals surface area (Å²) in [5.74, 6) is -0.465. The Labute approximate surface area is 136 Å². The second-order valence-electron chi connectivity index (χ2n) is 6.39. The van der Waals surface area contributed by atoms with Crippen molar-refractivity contribution in [1.82, 2.24) is 0 Å². The fourth-order valence-corrected chi connectivity index (χ4v) is 3.61. The van der Waals surface area contributed by atoms with Gasteiger partial charge in [-0.15, -0.1) is 0 Å². The average Bonchev–Trinajstić information content (AvgIpc) is 2.59. The normalized spacial score (nSPS) is 18.5. The van der Waals surface area contributed by atoms with Gasteiger partial charge in [0.1, 0.15) is 6.61 Å². The molecule has 5 nitrogen and oxygen atoms in total. The summed E-state index contributed by atoms with van der Waals surface area (Å²) < 4.78 is 5.81. The van der Waals surface area contributed by atoms with Gasteiger partial charge in [0.05, 0.1) is 6.10 Å². The molecule has 2 aliphatic rings. The van der Waals surface area contributed by atoms with Crippen molar-refractivity contribution in [2.75, 3.05) is 18.1 Å². The number of amides is 2. The zero-order valence-corrected chi connectivity index (χ0v) is 13.4. The zero-order valence-electron chi connectivity index (χ0n) is 13.4. The van der Waals surface area contributed by atoms with E-state index in [0.29, 0.717) is 12.1 Å². The lowest BCUT2D eigenvalue weighted by Gasteiger charge is -2.31. The molecule has 1 aromatic carbocycles. The number of primary amides is 1. The van der Waals surface area contributed by atoms with Crippen LogP contribution < -0.4 is 10.6 Å². The van der Waals surface area contributed by atoms with Gasteiger partial charge in [0.2, 0.25) is 5.91 Å². The van der Waals surface area contributed by atoms with Crippen LogP contribution in [0.25, 0.3) is 0 Å². The van der Waals surface area contributed by atoms with Crippen molar-refractivity contribution < 1.29 is 14.3 Å². The Hall–Kier alpha value is -1.88. The molecule has 1 aliphatic heterocycles. The minimum atomic E-state index is -0.436. The van der Waals surface area contributed by atoms with Crippen LogP contribution in [0.5, 0.6) is 0 Å². The van der Waals surface area contributed by atoms with E-state index in [1.165, 1.54) is 19.3 Å². The number of benzene rings is 1. The van der Waals surface area contributed by atoms with Crippen LogP contribution in [0.15, 0.2) is 18.2 Å². The fraction of sp³-hybridized carbons (Fsp3) is 0.556. The van der Waals surface area contributed by atoms with E-state index in [0.717, 1.165) is 36.9 Å². The van der Waals surface area contributed by atoms with Crippen LogP contribution in [-0.4, -0.2) is 31.1 Å². The lowest BCUT2D eigenvalue weighted by atomic mass is 9.96. The zero-order chi connectivity index (χ0) is 16.2. The number of rotatable bonds is 4. The predicted octanol–water partition coefficient (Wildman–Crippen LogP) is 2.41. The number of carbonyl (C=O) groups is 2. The number of fused-ring (bicyclic) bond motifs is 1. The quantitative estimate of drug-likeness (QED) is 0.927. The maximum Gasteiger partial charge on any atom is 0.252 e. The highest BCUT2D eigenvalue weighted by Crippen LogP contribution is 2.30. The van der Waals surface area contributed by atoms with Crippen molar-refractivity contribution in [1.29, 1.82) is 0 Å². The Morgan fingerprint density at radius 2 is 1.96 bits per heavy atom. The standard InChI is InChI=1S/C18H24N2O3/c19-18(22)15-8-4-10-16-14(15)9-5-11-20(16)17(21)12-23-13-6-2-1-3-7-13/h4,8,10,13H,1-3,5-7,9,11-12H2,(H2,19,22). The molecular weight excluding hydrogens is 292 g/mol. The Kier molecular flexibility index (Phi) is 4.96. The van der Waals surface area contributed by atoms with Gasteiger partial charge in [0, 0.05) is 17.8 Å². The molecule has 1 aliphatic carbocycles. The third-order valence-electron chi connectivity index (χ3n) is 4.81. The van der Waals surface area contributed by atoms with Gasteiger partial charge in [0.15, 0.2) is 0 Å². The molecule has 0 bridgehead atoms. The van der Waals surface area contributed by atoms with Crippen LogP contribution >= 0.6 is 0 Å². The van der Waals surface area contributed by atoms with E-state index in [2.05, 4.69) is 0 Å². The molecule has 3 rings (SSSR count). The van der Waals surface area contributed by atoms with Crippen LogP contribution in [0.4, 0.5) is 5.69 Å². The van der Waals surface area contributed by atoms with Crippen LogP contribution in [0.3, 0.4) is 0 Å². The number of ether oxygens (including phenoxy) is 1. The van der Waals surface area contributed by atoms with Crippen LogP contribution in [0, 0.1) is 0 Å². The smallest absolute Gasteiger partial charge is 0.252 e. The van der Waals surface area contributed by atoms with Crippen LogP contribution in [0.2, 0.25) is 0 Å². The largest absolute Gasteiger partial charge is 0.368 e. The summed E-state index contributed by atoms with van der Waals surface area (Å²) in [5.41, 5.74) is 7.67. The average molecular weight is 316 g/mol. The number of hydrogen-bond acceptors (Lipinski definition) is 3. The minimum Gasteiger partial charge on any atom is -0.368 e. The second kappa shape index (κ2) is 7.13. The predicted molar refractivity (Wildman–Crippen MR) is 88.5 cm³/mol. The SMILES string of the molecule is NC(=O)c1cccc2c1CCCN2C(=O)COC1CCCCC1. The number of anilines is 1. The van der Waals surface area contributed by atoms with Crippen molar-refractivity contribution >= 4 is 17.5 Å². The minimum absolute atomic E-state index is 0.0295. The molecule has 124 valence electrons. The lowest BCUT2D eigenvalue weighted by molar-refractivity contribution is -0.125. The Morgan fingerprint density at radius 3 is 2.70 bits per heavy atom. The van der Waals surface area contributed by atoms with Crippen molar-refractivity contribution in [3.63, 3.8) is 0 Å². The van der Waals surface area contributed by atoms with Gasteiger partial charge >= 0.3 is 0 Å². The summed E-state index contributed by atoms with van der Waals surface area (Å²) in [7, 11) is 0. The molecular formula is C18H24N2O3. The van der Waals surface area contributed by atoms with E-state index in [1.54, 1.807) is 17.0 Å². The maximum absolute atomic E-state index is 12.6. The van der Waals surface area contributed by atoms with Gasteiger partial charge in [0.25, 0.3) is 5.91 Å². The highest BCUT2D eigenvalue weighted by atomic mass is 16.5. The highest BCUT2D eigenvalue weighted by molar-refractivity contribution is 6.00. The van der Waals surface area contributed by atoms with E-state index < -0.39 is 5.91 Å². The third-order valence-corrected chi connectivity index (χ3v) is 4.81. The first kappa shape index (κ1) is 16.0. The summed E-state index contributed by atoms with van der Waals surface area (Å²) in [4.78, 5) is 25.9. The summed E-state index contributed by atoms with van der Waals surface area (Å²) in [6.45, 7) is 0.785. The molecule has 0 saturated heterocycles. The van der Waals surface area contributed by atoms with E-state index in [9.17, 15) is 9.59 Å². The van der Waals surface area contributed by atoms with Crippen molar-refractivity contribution in [3.05, 3.63) is 29.3 Å². The number of nitrogens with zero attached hydrogens (tertiary/aromatic N) is 1. The summed E-state index contributed by atoms with van der Waals surface area (Å²) in [6.07, 6.45) is 7.58. The molecule has 2 amide bonds. The van der Waals surface area contributed by atoms with Gasteiger partial charge in [-0.2, -0.15) is 0 Å². The monoisotopic (exact) mass is 316 g/mol. The summed E-state index contributed by atoms with van der Waals surface area (Å²) in [6, 6.07) is 5.40. The molecule has 0 atom stereocenters. The lowest BCUT2D eigenvalue weighted by Crippen LogP contribution is -2.39. The van der Waals surface area contributed by atoms with Crippen LogP contribution in [0.1, 0.15) is 54.4 Å².